The second-order valence-corrected chi connectivity index (χ2v) is 5.86. The predicted molar refractivity (Wildman–Crippen MR) is 90.2 cm³/mol. The van der Waals surface area contributed by atoms with E-state index in [2.05, 4.69) is 17.9 Å². The highest BCUT2D eigenvalue weighted by Gasteiger charge is 2.23. The van der Waals surface area contributed by atoms with Crippen molar-refractivity contribution in [2.24, 2.45) is 0 Å². The lowest BCUT2D eigenvalue weighted by Crippen LogP contribution is -2.32. The van der Waals surface area contributed by atoms with Crippen LogP contribution in [0.5, 0.6) is 11.5 Å². The molecule has 0 N–H and O–H groups in total. The summed E-state index contributed by atoms with van der Waals surface area (Å²) in [6.07, 6.45) is 0. The number of hydrogen-bond donors (Lipinski definition) is 0. The average molecular weight is 318 g/mol. The fraction of sp³-hybridized carbons (Fsp3) is 0.333. The van der Waals surface area contributed by atoms with Gasteiger partial charge in [-0.05, 0) is 50.1 Å². The van der Waals surface area contributed by atoms with Crippen LogP contribution in [0.15, 0.2) is 30.3 Å². The second kappa shape index (κ2) is 6.09. The summed E-state index contributed by atoms with van der Waals surface area (Å²) in [4.78, 5) is 2.17. The first kappa shape index (κ1) is 15.0. The summed E-state index contributed by atoms with van der Waals surface area (Å²) < 4.78 is 11.7. The molecule has 0 amide bonds. The summed E-state index contributed by atoms with van der Waals surface area (Å²) in [6.45, 7) is 7.98. The van der Waals surface area contributed by atoms with E-state index in [4.69, 9.17) is 21.1 Å². The topological polar surface area (TPSA) is 21.7 Å². The molecule has 0 aromatic heterocycles. The van der Waals surface area contributed by atoms with Crippen molar-refractivity contribution < 1.29 is 9.47 Å². The number of halogens is 1. The SMILES string of the molecule is CCOc1ccccc1N1COc2cc(C)c(Cl)c(C)c2C1. The molecule has 0 spiro atoms. The quantitative estimate of drug-likeness (QED) is 0.818. The number of hydrogen-bond acceptors (Lipinski definition) is 3. The first-order valence-electron chi connectivity index (χ1n) is 7.50. The van der Waals surface area contributed by atoms with Crippen molar-refractivity contribution in [2.75, 3.05) is 18.2 Å². The highest BCUT2D eigenvalue weighted by molar-refractivity contribution is 6.32. The summed E-state index contributed by atoms with van der Waals surface area (Å²) >= 11 is 6.39. The van der Waals surface area contributed by atoms with Crippen LogP contribution in [0.4, 0.5) is 5.69 Å². The fourth-order valence-electron chi connectivity index (χ4n) is 2.82. The van der Waals surface area contributed by atoms with E-state index in [1.54, 1.807) is 0 Å². The smallest absolute Gasteiger partial charge is 0.161 e. The number of nitrogens with zero attached hydrogens (tertiary/aromatic N) is 1. The van der Waals surface area contributed by atoms with Gasteiger partial charge in [-0.25, -0.2) is 0 Å². The number of benzene rings is 2. The van der Waals surface area contributed by atoms with Gasteiger partial charge in [0.2, 0.25) is 0 Å². The lowest BCUT2D eigenvalue weighted by molar-refractivity contribution is 0.284. The van der Waals surface area contributed by atoms with E-state index in [-0.39, 0.29) is 0 Å². The molecule has 2 aromatic rings. The Morgan fingerprint density at radius 1 is 1.27 bits per heavy atom. The van der Waals surface area contributed by atoms with Crippen LogP contribution in [0.2, 0.25) is 5.02 Å². The molecule has 0 fully saturated rings. The van der Waals surface area contributed by atoms with Crippen molar-refractivity contribution in [1.29, 1.82) is 0 Å². The minimum Gasteiger partial charge on any atom is -0.492 e. The molecule has 1 heterocycles. The Balaban J connectivity index is 1.97. The Labute approximate surface area is 136 Å². The lowest BCUT2D eigenvalue weighted by Gasteiger charge is -2.33. The van der Waals surface area contributed by atoms with E-state index >= 15 is 0 Å². The molecule has 0 bridgehead atoms. The van der Waals surface area contributed by atoms with Gasteiger partial charge in [0.05, 0.1) is 18.8 Å². The fourth-order valence-corrected chi connectivity index (χ4v) is 2.99. The van der Waals surface area contributed by atoms with E-state index in [0.29, 0.717) is 13.3 Å². The summed E-state index contributed by atoms with van der Waals surface area (Å²) in [5.41, 5.74) is 4.34. The Kier molecular flexibility index (Phi) is 4.16. The normalized spacial score (nSPS) is 13.5. The third-order valence-electron chi connectivity index (χ3n) is 4.00. The first-order chi connectivity index (χ1) is 10.6. The largest absolute Gasteiger partial charge is 0.492 e. The van der Waals surface area contributed by atoms with Crippen molar-refractivity contribution in [2.45, 2.75) is 27.3 Å². The van der Waals surface area contributed by atoms with Gasteiger partial charge in [0.15, 0.2) is 6.73 Å². The number of aryl methyl sites for hydroxylation is 1. The zero-order valence-electron chi connectivity index (χ0n) is 13.1. The minimum atomic E-state index is 0.512. The molecule has 0 saturated carbocycles. The molecule has 3 rings (SSSR count). The second-order valence-electron chi connectivity index (χ2n) is 5.48. The minimum absolute atomic E-state index is 0.512. The van der Waals surface area contributed by atoms with Gasteiger partial charge >= 0.3 is 0 Å². The first-order valence-corrected chi connectivity index (χ1v) is 7.87. The highest BCUT2D eigenvalue weighted by Crippen LogP contribution is 2.38. The molecule has 0 unspecified atom stereocenters. The molecular formula is C18H20ClNO2. The number of anilines is 1. The summed E-state index contributed by atoms with van der Waals surface area (Å²) in [6, 6.07) is 10.1. The van der Waals surface area contributed by atoms with Gasteiger partial charge in [-0.2, -0.15) is 0 Å². The Hall–Kier alpha value is -1.87. The average Bonchev–Trinajstić information content (AvgIpc) is 2.53. The van der Waals surface area contributed by atoms with Gasteiger partial charge in [0, 0.05) is 10.6 Å². The van der Waals surface area contributed by atoms with Gasteiger partial charge < -0.3 is 14.4 Å². The van der Waals surface area contributed by atoms with Crippen LogP contribution in [0.25, 0.3) is 0 Å². The van der Waals surface area contributed by atoms with Gasteiger partial charge in [-0.3, -0.25) is 0 Å². The molecule has 3 nitrogen and oxygen atoms in total. The van der Waals surface area contributed by atoms with Crippen LogP contribution in [-0.2, 0) is 6.54 Å². The maximum absolute atomic E-state index is 6.39. The van der Waals surface area contributed by atoms with Crippen LogP contribution in [0, 0.1) is 13.8 Å². The molecule has 0 radical (unpaired) electrons. The molecule has 2 aromatic carbocycles. The third kappa shape index (κ3) is 2.61. The van der Waals surface area contributed by atoms with Crippen molar-refractivity contribution in [1.82, 2.24) is 0 Å². The van der Waals surface area contributed by atoms with E-state index in [9.17, 15) is 0 Å². The molecule has 0 atom stereocenters. The maximum Gasteiger partial charge on any atom is 0.161 e. The molecule has 0 saturated heterocycles. The van der Waals surface area contributed by atoms with Crippen molar-refractivity contribution in [3.05, 3.63) is 52.0 Å². The van der Waals surface area contributed by atoms with Gasteiger partial charge in [-0.15, -0.1) is 0 Å². The van der Waals surface area contributed by atoms with Gasteiger partial charge in [-0.1, -0.05) is 23.7 Å². The molecular weight excluding hydrogens is 298 g/mol. The van der Waals surface area contributed by atoms with Crippen LogP contribution >= 0.6 is 11.6 Å². The molecule has 1 aliphatic rings. The monoisotopic (exact) mass is 317 g/mol. The molecule has 22 heavy (non-hydrogen) atoms. The molecule has 0 aliphatic carbocycles. The van der Waals surface area contributed by atoms with Gasteiger partial charge in [0.1, 0.15) is 11.5 Å². The Morgan fingerprint density at radius 3 is 2.82 bits per heavy atom. The maximum atomic E-state index is 6.39. The zero-order chi connectivity index (χ0) is 15.7. The molecule has 4 heteroatoms. The summed E-state index contributed by atoms with van der Waals surface area (Å²) in [5, 5.41) is 0.822. The van der Waals surface area contributed by atoms with E-state index in [1.807, 2.05) is 38.1 Å². The van der Waals surface area contributed by atoms with Crippen molar-refractivity contribution in [3.63, 3.8) is 0 Å². The van der Waals surface area contributed by atoms with Gasteiger partial charge in [0.25, 0.3) is 0 Å². The van der Waals surface area contributed by atoms with E-state index < -0.39 is 0 Å². The van der Waals surface area contributed by atoms with Crippen LogP contribution in [-0.4, -0.2) is 13.3 Å². The van der Waals surface area contributed by atoms with E-state index in [0.717, 1.165) is 45.4 Å². The van der Waals surface area contributed by atoms with Crippen molar-refractivity contribution in [3.8, 4) is 11.5 Å². The van der Waals surface area contributed by atoms with E-state index in [1.165, 1.54) is 0 Å². The van der Waals surface area contributed by atoms with Crippen LogP contribution in [0.3, 0.4) is 0 Å². The Bertz CT molecular complexity index is 700. The van der Waals surface area contributed by atoms with Crippen molar-refractivity contribution >= 4 is 17.3 Å². The highest BCUT2D eigenvalue weighted by atomic mass is 35.5. The van der Waals surface area contributed by atoms with Crippen LogP contribution in [0.1, 0.15) is 23.6 Å². The predicted octanol–water partition coefficient (Wildman–Crippen LogP) is 4.71. The summed E-state index contributed by atoms with van der Waals surface area (Å²) in [7, 11) is 0. The number of rotatable bonds is 3. The number of ether oxygens (including phenoxy) is 2. The number of para-hydroxylation sites is 2. The zero-order valence-corrected chi connectivity index (χ0v) is 13.9. The third-order valence-corrected chi connectivity index (χ3v) is 4.59. The summed E-state index contributed by atoms with van der Waals surface area (Å²) in [5.74, 6) is 1.82. The number of fused-ring (bicyclic) bond motifs is 1. The molecule has 1 aliphatic heterocycles. The Morgan fingerprint density at radius 2 is 2.05 bits per heavy atom. The lowest BCUT2D eigenvalue weighted by atomic mass is 10.0. The standard InChI is InChI=1S/C18H20ClNO2/c1-4-21-16-8-6-5-7-15(16)20-10-14-13(3)18(19)12(2)9-17(14)22-11-20/h5-9H,4,10-11H2,1-3H3. The van der Waals surface area contributed by atoms with Crippen LogP contribution < -0.4 is 14.4 Å². The molecule has 116 valence electrons.